The third kappa shape index (κ3) is 2.52. The molecule has 0 aliphatic carbocycles. The zero-order valence-electron chi connectivity index (χ0n) is 7.93. The van der Waals surface area contributed by atoms with Crippen LogP contribution in [0.25, 0.3) is 0 Å². The van der Waals surface area contributed by atoms with E-state index >= 15 is 0 Å². The first kappa shape index (κ1) is 10.2. The molecular weight excluding hydrogens is 186 g/mol. The summed E-state index contributed by atoms with van der Waals surface area (Å²) >= 11 is 5.79. The van der Waals surface area contributed by atoms with Gasteiger partial charge in [0.1, 0.15) is 5.75 Å². The normalized spacial score (nSPS) is 9.77. The van der Waals surface area contributed by atoms with Crippen LogP contribution in [0.15, 0.2) is 18.2 Å². The SMILES string of the molecule is CCOc1ccc(NC)cc1CCl. The van der Waals surface area contributed by atoms with Crippen LogP contribution < -0.4 is 10.1 Å². The second-order valence-corrected chi connectivity index (χ2v) is 2.91. The molecule has 0 aliphatic rings. The number of alkyl halides is 1. The summed E-state index contributed by atoms with van der Waals surface area (Å²) in [4.78, 5) is 0. The number of hydrogen-bond donors (Lipinski definition) is 1. The van der Waals surface area contributed by atoms with E-state index in [0.29, 0.717) is 12.5 Å². The molecule has 0 atom stereocenters. The van der Waals surface area contributed by atoms with E-state index in [4.69, 9.17) is 16.3 Å². The highest BCUT2D eigenvalue weighted by Gasteiger charge is 2.02. The van der Waals surface area contributed by atoms with E-state index < -0.39 is 0 Å². The third-order valence-electron chi connectivity index (χ3n) is 1.79. The summed E-state index contributed by atoms with van der Waals surface area (Å²) in [5, 5.41) is 3.06. The number of ether oxygens (including phenoxy) is 1. The van der Waals surface area contributed by atoms with E-state index in [1.54, 1.807) is 0 Å². The molecule has 1 N–H and O–H groups in total. The fourth-order valence-electron chi connectivity index (χ4n) is 1.14. The molecule has 0 saturated carbocycles. The summed E-state index contributed by atoms with van der Waals surface area (Å²) in [6.45, 7) is 2.63. The largest absolute Gasteiger partial charge is 0.494 e. The minimum absolute atomic E-state index is 0.477. The van der Waals surface area contributed by atoms with Gasteiger partial charge in [0.15, 0.2) is 0 Å². The fourth-order valence-corrected chi connectivity index (χ4v) is 1.34. The Bertz CT molecular complexity index is 276. The molecule has 1 rings (SSSR count). The Hall–Kier alpha value is -0.890. The highest BCUT2D eigenvalue weighted by Crippen LogP contribution is 2.24. The predicted octanol–water partition coefficient (Wildman–Crippen LogP) is 2.87. The Kier molecular flexibility index (Phi) is 3.90. The van der Waals surface area contributed by atoms with Crippen LogP contribution in [0, 0.1) is 0 Å². The lowest BCUT2D eigenvalue weighted by Crippen LogP contribution is -1.96. The van der Waals surface area contributed by atoms with Gasteiger partial charge in [-0.05, 0) is 25.1 Å². The quantitative estimate of drug-likeness (QED) is 0.753. The fraction of sp³-hybridized carbons (Fsp3) is 0.400. The molecule has 0 aliphatic heterocycles. The molecule has 1 aromatic rings. The molecule has 0 spiro atoms. The molecule has 72 valence electrons. The molecule has 2 nitrogen and oxygen atoms in total. The lowest BCUT2D eigenvalue weighted by Gasteiger charge is -2.09. The van der Waals surface area contributed by atoms with Gasteiger partial charge in [0.05, 0.1) is 12.5 Å². The van der Waals surface area contributed by atoms with Gasteiger partial charge in [-0.15, -0.1) is 11.6 Å². The summed E-state index contributed by atoms with van der Waals surface area (Å²) in [6, 6.07) is 5.91. The first-order chi connectivity index (χ1) is 6.31. The van der Waals surface area contributed by atoms with Crippen LogP contribution in [0.3, 0.4) is 0 Å². The van der Waals surface area contributed by atoms with Crippen LogP contribution in [0.2, 0.25) is 0 Å². The second-order valence-electron chi connectivity index (χ2n) is 2.64. The van der Waals surface area contributed by atoms with Crippen molar-refractivity contribution in [1.29, 1.82) is 0 Å². The van der Waals surface area contributed by atoms with Crippen LogP contribution in [-0.4, -0.2) is 13.7 Å². The van der Waals surface area contributed by atoms with Crippen molar-refractivity contribution >= 4 is 17.3 Å². The summed E-state index contributed by atoms with van der Waals surface area (Å²) in [7, 11) is 1.88. The summed E-state index contributed by atoms with van der Waals surface area (Å²) in [6.07, 6.45) is 0. The number of hydrogen-bond acceptors (Lipinski definition) is 2. The van der Waals surface area contributed by atoms with Gasteiger partial charge in [-0.2, -0.15) is 0 Å². The molecule has 0 heterocycles. The third-order valence-corrected chi connectivity index (χ3v) is 2.08. The summed E-state index contributed by atoms with van der Waals surface area (Å²) in [5.41, 5.74) is 2.08. The van der Waals surface area contributed by atoms with Crippen LogP contribution >= 0.6 is 11.6 Å². The number of anilines is 1. The minimum atomic E-state index is 0.477. The molecular formula is C10H14ClNO. The first-order valence-corrected chi connectivity index (χ1v) is 4.84. The highest BCUT2D eigenvalue weighted by molar-refractivity contribution is 6.17. The molecule has 1 aromatic carbocycles. The number of rotatable bonds is 4. The average Bonchev–Trinajstić information content (AvgIpc) is 2.19. The Morgan fingerprint density at radius 3 is 2.77 bits per heavy atom. The number of benzene rings is 1. The lowest BCUT2D eigenvalue weighted by molar-refractivity contribution is 0.337. The zero-order valence-corrected chi connectivity index (χ0v) is 8.69. The molecule has 0 amide bonds. The van der Waals surface area contributed by atoms with E-state index in [-0.39, 0.29) is 0 Å². The Labute approximate surface area is 83.9 Å². The van der Waals surface area contributed by atoms with Crippen molar-refractivity contribution in [3.63, 3.8) is 0 Å². The van der Waals surface area contributed by atoms with Crippen molar-refractivity contribution in [2.24, 2.45) is 0 Å². The van der Waals surface area contributed by atoms with E-state index in [0.717, 1.165) is 17.0 Å². The summed E-state index contributed by atoms with van der Waals surface area (Å²) < 4.78 is 5.42. The van der Waals surface area contributed by atoms with Gasteiger partial charge in [-0.3, -0.25) is 0 Å². The standard InChI is InChI=1S/C10H14ClNO/c1-3-13-10-5-4-9(12-2)6-8(10)7-11/h4-6,12H,3,7H2,1-2H3. The van der Waals surface area contributed by atoms with Gasteiger partial charge in [-0.25, -0.2) is 0 Å². The molecule has 0 fully saturated rings. The Morgan fingerprint density at radius 2 is 2.23 bits per heavy atom. The topological polar surface area (TPSA) is 21.3 Å². The minimum Gasteiger partial charge on any atom is -0.494 e. The first-order valence-electron chi connectivity index (χ1n) is 4.31. The van der Waals surface area contributed by atoms with Crippen molar-refractivity contribution in [1.82, 2.24) is 0 Å². The number of nitrogens with one attached hydrogen (secondary N) is 1. The van der Waals surface area contributed by atoms with Gasteiger partial charge < -0.3 is 10.1 Å². The van der Waals surface area contributed by atoms with Crippen molar-refractivity contribution in [3.05, 3.63) is 23.8 Å². The van der Waals surface area contributed by atoms with Crippen molar-refractivity contribution < 1.29 is 4.74 Å². The zero-order chi connectivity index (χ0) is 9.68. The van der Waals surface area contributed by atoms with Crippen LogP contribution in [-0.2, 0) is 5.88 Å². The number of halogens is 1. The Morgan fingerprint density at radius 1 is 1.46 bits per heavy atom. The Balaban J connectivity index is 2.93. The molecule has 13 heavy (non-hydrogen) atoms. The van der Waals surface area contributed by atoms with Crippen LogP contribution in [0.4, 0.5) is 5.69 Å². The second kappa shape index (κ2) is 4.97. The molecule has 0 radical (unpaired) electrons. The maximum atomic E-state index is 5.79. The smallest absolute Gasteiger partial charge is 0.123 e. The van der Waals surface area contributed by atoms with Crippen molar-refractivity contribution in [2.45, 2.75) is 12.8 Å². The van der Waals surface area contributed by atoms with Gasteiger partial charge in [0.2, 0.25) is 0 Å². The van der Waals surface area contributed by atoms with Crippen molar-refractivity contribution in [3.8, 4) is 5.75 Å². The monoisotopic (exact) mass is 199 g/mol. The van der Waals surface area contributed by atoms with E-state index in [1.807, 2.05) is 32.2 Å². The average molecular weight is 200 g/mol. The van der Waals surface area contributed by atoms with Gasteiger partial charge >= 0.3 is 0 Å². The van der Waals surface area contributed by atoms with Crippen LogP contribution in [0.1, 0.15) is 12.5 Å². The highest BCUT2D eigenvalue weighted by atomic mass is 35.5. The van der Waals surface area contributed by atoms with E-state index in [2.05, 4.69) is 5.32 Å². The van der Waals surface area contributed by atoms with Crippen molar-refractivity contribution in [2.75, 3.05) is 19.0 Å². The van der Waals surface area contributed by atoms with E-state index in [9.17, 15) is 0 Å². The van der Waals surface area contributed by atoms with Crippen LogP contribution in [0.5, 0.6) is 5.75 Å². The van der Waals surface area contributed by atoms with Gasteiger partial charge in [0.25, 0.3) is 0 Å². The molecule has 0 aromatic heterocycles. The summed E-state index contributed by atoms with van der Waals surface area (Å²) in [5.74, 6) is 1.35. The maximum absolute atomic E-state index is 5.79. The lowest BCUT2D eigenvalue weighted by atomic mass is 10.2. The van der Waals surface area contributed by atoms with Gasteiger partial charge in [-0.1, -0.05) is 0 Å². The molecule has 0 saturated heterocycles. The van der Waals surface area contributed by atoms with E-state index in [1.165, 1.54) is 0 Å². The molecule has 0 unspecified atom stereocenters. The molecule has 3 heteroatoms. The van der Waals surface area contributed by atoms with Gasteiger partial charge in [0, 0.05) is 18.3 Å². The maximum Gasteiger partial charge on any atom is 0.123 e. The predicted molar refractivity (Wildman–Crippen MR) is 56.7 cm³/mol. The molecule has 0 bridgehead atoms.